The molecule has 112 valence electrons. The van der Waals surface area contributed by atoms with E-state index in [1.807, 2.05) is 44.0 Å². The SMILES string of the molecule is CCCNc1cccc(CN(C)CC(=O)NC(C)C)n1. The monoisotopic (exact) mass is 278 g/mol. The van der Waals surface area contributed by atoms with Gasteiger partial charge in [0.1, 0.15) is 5.82 Å². The summed E-state index contributed by atoms with van der Waals surface area (Å²) in [7, 11) is 1.92. The highest BCUT2D eigenvalue weighted by atomic mass is 16.2. The lowest BCUT2D eigenvalue weighted by Gasteiger charge is -2.17. The zero-order valence-electron chi connectivity index (χ0n) is 12.9. The maximum Gasteiger partial charge on any atom is 0.234 e. The van der Waals surface area contributed by atoms with Crippen LogP contribution >= 0.6 is 0 Å². The molecule has 0 saturated heterocycles. The van der Waals surface area contributed by atoms with E-state index in [4.69, 9.17) is 0 Å². The van der Waals surface area contributed by atoms with E-state index in [1.165, 1.54) is 0 Å². The van der Waals surface area contributed by atoms with Gasteiger partial charge in [0.15, 0.2) is 0 Å². The van der Waals surface area contributed by atoms with E-state index in [1.54, 1.807) is 0 Å². The lowest BCUT2D eigenvalue weighted by Crippen LogP contribution is -2.38. The van der Waals surface area contributed by atoms with Crippen LogP contribution in [-0.4, -0.2) is 42.0 Å². The molecule has 0 fully saturated rings. The highest BCUT2D eigenvalue weighted by molar-refractivity contribution is 5.78. The van der Waals surface area contributed by atoms with Gasteiger partial charge in [0.05, 0.1) is 12.2 Å². The van der Waals surface area contributed by atoms with Gasteiger partial charge in [0, 0.05) is 19.1 Å². The fourth-order valence-electron chi connectivity index (χ4n) is 1.86. The molecule has 0 aliphatic rings. The average molecular weight is 278 g/mol. The van der Waals surface area contributed by atoms with Crippen molar-refractivity contribution in [3.05, 3.63) is 23.9 Å². The van der Waals surface area contributed by atoms with E-state index in [9.17, 15) is 4.79 Å². The molecule has 20 heavy (non-hydrogen) atoms. The number of likely N-dealkylation sites (N-methyl/N-ethyl adjacent to an activating group) is 1. The van der Waals surface area contributed by atoms with Crippen molar-refractivity contribution >= 4 is 11.7 Å². The van der Waals surface area contributed by atoms with Crippen LogP contribution < -0.4 is 10.6 Å². The second-order valence-corrected chi connectivity index (χ2v) is 5.34. The molecule has 0 spiro atoms. The zero-order chi connectivity index (χ0) is 15.0. The highest BCUT2D eigenvalue weighted by Crippen LogP contribution is 2.06. The number of carbonyl (C=O) groups excluding carboxylic acids is 1. The predicted molar refractivity (Wildman–Crippen MR) is 82.6 cm³/mol. The van der Waals surface area contributed by atoms with Crippen molar-refractivity contribution < 1.29 is 4.79 Å². The first-order valence-corrected chi connectivity index (χ1v) is 7.19. The Kier molecular flexibility index (Phi) is 7.01. The molecule has 0 saturated carbocycles. The Morgan fingerprint density at radius 3 is 2.80 bits per heavy atom. The van der Waals surface area contributed by atoms with Crippen LogP contribution in [0.3, 0.4) is 0 Å². The van der Waals surface area contributed by atoms with Gasteiger partial charge in [0.2, 0.25) is 5.91 Å². The number of anilines is 1. The van der Waals surface area contributed by atoms with Crippen LogP contribution in [0.2, 0.25) is 0 Å². The van der Waals surface area contributed by atoms with Crippen molar-refractivity contribution in [2.75, 3.05) is 25.5 Å². The van der Waals surface area contributed by atoms with Crippen LogP contribution in [0, 0.1) is 0 Å². The van der Waals surface area contributed by atoms with E-state index >= 15 is 0 Å². The number of carbonyl (C=O) groups is 1. The summed E-state index contributed by atoms with van der Waals surface area (Å²) in [6.07, 6.45) is 1.07. The number of hydrogen-bond acceptors (Lipinski definition) is 4. The molecule has 0 aliphatic heterocycles. The number of amides is 1. The molecule has 0 atom stereocenters. The highest BCUT2D eigenvalue weighted by Gasteiger charge is 2.08. The van der Waals surface area contributed by atoms with Crippen molar-refractivity contribution in [1.82, 2.24) is 15.2 Å². The van der Waals surface area contributed by atoms with Crippen molar-refractivity contribution in [1.29, 1.82) is 0 Å². The molecule has 5 heteroatoms. The molecule has 1 rings (SSSR count). The van der Waals surface area contributed by atoms with E-state index in [0.29, 0.717) is 13.1 Å². The topological polar surface area (TPSA) is 57.3 Å². The molecule has 1 heterocycles. The maximum atomic E-state index is 11.7. The molecule has 2 N–H and O–H groups in total. The summed E-state index contributed by atoms with van der Waals surface area (Å²) in [6, 6.07) is 6.11. The number of hydrogen-bond donors (Lipinski definition) is 2. The standard InChI is InChI=1S/C15H26N4O/c1-5-9-16-14-8-6-7-13(18-14)10-19(4)11-15(20)17-12(2)3/h6-8,12H,5,9-11H2,1-4H3,(H,16,18)(H,17,20). The van der Waals surface area contributed by atoms with Crippen molar-refractivity contribution in [3.8, 4) is 0 Å². The molecule has 0 bridgehead atoms. The molecule has 0 aliphatic carbocycles. The van der Waals surface area contributed by atoms with Gasteiger partial charge < -0.3 is 10.6 Å². The third-order valence-electron chi connectivity index (χ3n) is 2.66. The van der Waals surface area contributed by atoms with Crippen LogP contribution in [0.5, 0.6) is 0 Å². The summed E-state index contributed by atoms with van der Waals surface area (Å²) >= 11 is 0. The van der Waals surface area contributed by atoms with Crippen LogP contribution in [0.4, 0.5) is 5.82 Å². The Bertz CT molecular complexity index is 420. The van der Waals surface area contributed by atoms with Crippen LogP contribution in [-0.2, 0) is 11.3 Å². The quantitative estimate of drug-likeness (QED) is 0.762. The third kappa shape index (κ3) is 6.52. The maximum absolute atomic E-state index is 11.7. The number of pyridine rings is 1. The summed E-state index contributed by atoms with van der Waals surface area (Å²) in [5.41, 5.74) is 0.964. The molecular formula is C15H26N4O. The number of aromatic nitrogens is 1. The van der Waals surface area contributed by atoms with Gasteiger partial charge in [-0.25, -0.2) is 4.98 Å². The minimum absolute atomic E-state index is 0.0442. The van der Waals surface area contributed by atoms with Gasteiger partial charge in [-0.15, -0.1) is 0 Å². The fraction of sp³-hybridized carbons (Fsp3) is 0.600. The summed E-state index contributed by atoms with van der Waals surface area (Å²) in [6.45, 7) is 8.01. The summed E-state index contributed by atoms with van der Waals surface area (Å²) in [5.74, 6) is 0.937. The Balaban J connectivity index is 2.48. The summed E-state index contributed by atoms with van der Waals surface area (Å²) in [4.78, 5) is 18.2. The Morgan fingerprint density at radius 1 is 1.40 bits per heavy atom. The van der Waals surface area contributed by atoms with E-state index in [0.717, 1.165) is 24.5 Å². The summed E-state index contributed by atoms with van der Waals surface area (Å²) in [5, 5.41) is 6.15. The Hall–Kier alpha value is -1.62. The van der Waals surface area contributed by atoms with E-state index < -0.39 is 0 Å². The van der Waals surface area contributed by atoms with Crippen molar-refractivity contribution in [2.24, 2.45) is 0 Å². The van der Waals surface area contributed by atoms with Crippen LogP contribution in [0.25, 0.3) is 0 Å². The number of rotatable bonds is 8. The van der Waals surface area contributed by atoms with Gasteiger partial charge in [-0.2, -0.15) is 0 Å². The molecule has 0 unspecified atom stereocenters. The zero-order valence-corrected chi connectivity index (χ0v) is 12.9. The van der Waals surface area contributed by atoms with Crippen LogP contribution in [0.1, 0.15) is 32.9 Å². The van der Waals surface area contributed by atoms with E-state index in [2.05, 4.69) is 22.5 Å². The van der Waals surface area contributed by atoms with Gasteiger partial charge in [-0.3, -0.25) is 9.69 Å². The second-order valence-electron chi connectivity index (χ2n) is 5.34. The first-order valence-electron chi connectivity index (χ1n) is 7.19. The largest absolute Gasteiger partial charge is 0.370 e. The molecule has 1 amide bonds. The van der Waals surface area contributed by atoms with Gasteiger partial charge in [-0.1, -0.05) is 13.0 Å². The molecular weight excluding hydrogens is 252 g/mol. The first kappa shape index (κ1) is 16.4. The minimum atomic E-state index is 0.0442. The molecule has 0 radical (unpaired) electrons. The van der Waals surface area contributed by atoms with Gasteiger partial charge >= 0.3 is 0 Å². The molecule has 1 aromatic heterocycles. The molecule has 0 aromatic carbocycles. The molecule has 1 aromatic rings. The second kappa shape index (κ2) is 8.53. The average Bonchev–Trinajstić information content (AvgIpc) is 2.35. The smallest absolute Gasteiger partial charge is 0.234 e. The normalized spacial score (nSPS) is 10.9. The number of nitrogens with zero attached hydrogens (tertiary/aromatic N) is 2. The number of nitrogens with one attached hydrogen (secondary N) is 2. The van der Waals surface area contributed by atoms with Gasteiger partial charge in [0.25, 0.3) is 0 Å². The fourth-order valence-corrected chi connectivity index (χ4v) is 1.86. The van der Waals surface area contributed by atoms with E-state index in [-0.39, 0.29) is 11.9 Å². The molecule has 5 nitrogen and oxygen atoms in total. The Labute approximate surface area is 121 Å². The lowest BCUT2D eigenvalue weighted by molar-refractivity contribution is -0.122. The predicted octanol–water partition coefficient (Wildman–Crippen LogP) is 1.86. The van der Waals surface area contributed by atoms with Crippen LogP contribution in [0.15, 0.2) is 18.2 Å². The van der Waals surface area contributed by atoms with Crippen molar-refractivity contribution in [2.45, 2.75) is 39.8 Å². The van der Waals surface area contributed by atoms with Gasteiger partial charge in [-0.05, 0) is 39.4 Å². The first-order chi connectivity index (χ1) is 9.51. The minimum Gasteiger partial charge on any atom is -0.370 e. The summed E-state index contributed by atoms with van der Waals surface area (Å²) < 4.78 is 0. The Morgan fingerprint density at radius 2 is 2.15 bits per heavy atom. The third-order valence-corrected chi connectivity index (χ3v) is 2.66. The van der Waals surface area contributed by atoms with Crippen molar-refractivity contribution in [3.63, 3.8) is 0 Å². The lowest BCUT2D eigenvalue weighted by atomic mass is 10.3.